The van der Waals surface area contributed by atoms with Gasteiger partial charge in [0, 0.05) is 93.8 Å². The molecule has 0 bridgehead atoms. The fourth-order valence-electron chi connectivity index (χ4n) is 6.19. The van der Waals surface area contributed by atoms with Gasteiger partial charge in [-0.1, -0.05) is 61.3 Å². The van der Waals surface area contributed by atoms with Crippen molar-refractivity contribution in [1.29, 1.82) is 0 Å². The van der Waals surface area contributed by atoms with E-state index in [1.807, 2.05) is 13.8 Å². The number of rotatable bonds is 34. The Kier molecular flexibility index (Phi) is 27.1. The van der Waals surface area contributed by atoms with Crippen molar-refractivity contribution in [2.75, 3.05) is 72.1 Å². The van der Waals surface area contributed by atoms with Crippen LogP contribution in [0.5, 0.6) is 0 Å². The molecule has 0 rings (SSSR count). The molecule has 3 atom stereocenters. The molecular weight excluding hydrogens is 678 g/mol. The summed E-state index contributed by atoms with van der Waals surface area (Å²) in [6.07, 6.45) is 3.88. The molecule has 0 aliphatic carbocycles. The Morgan fingerprint density at radius 1 is 0.623 bits per heavy atom. The summed E-state index contributed by atoms with van der Waals surface area (Å²) in [4.78, 5) is 80.6. The van der Waals surface area contributed by atoms with Crippen LogP contribution in [0, 0.1) is 28.6 Å². The average molecular weight is 754 g/mol. The quantitative estimate of drug-likeness (QED) is 0.0371. The second-order valence-corrected chi connectivity index (χ2v) is 15.4. The number of unbranched alkanes of at least 4 members (excludes halogenated alkanes) is 2. The normalized spacial score (nSPS) is 13.5. The summed E-state index contributed by atoms with van der Waals surface area (Å²) in [7, 11) is 0. The van der Waals surface area contributed by atoms with Crippen LogP contribution in [0.1, 0.15) is 113 Å². The molecule has 0 aromatic heterocycles. The highest BCUT2D eigenvalue weighted by Crippen LogP contribution is 2.37. The van der Waals surface area contributed by atoms with Crippen molar-refractivity contribution < 1.29 is 33.5 Å². The molecule has 0 aromatic rings. The molecule has 0 aromatic carbocycles. The van der Waals surface area contributed by atoms with Crippen molar-refractivity contribution in [1.82, 2.24) is 26.6 Å². The number of amides is 2. The van der Waals surface area contributed by atoms with Crippen LogP contribution in [0.25, 0.3) is 0 Å². The first-order valence-electron chi connectivity index (χ1n) is 19.9. The Morgan fingerprint density at radius 3 is 1.77 bits per heavy atom. The zero-order chi connectivity index (χ0) is 40.3. The second kappa shape index (κ2) is 28.6. The van der Waals surface area contributed by atoms with Crippen LogP contribution in [-0.4, -0.2) is 107 Å². The molecule has 0 saturated carbocycles. The number of esters is 1. The van der Waals surface area contributed by atoms with Crippen molar-refractivity contribution >= 4 is 35.1 Å². The summed E-state index contributed by atoms with van der Waals surface area (Å²) < 4.78 is 5.32. The number of carbonyl (C=O) groups is 6. The van der Waals surface area contributed by atoms with Gasteiger partial charge in [-0.25, -0.2) is 0 Å². The number of Topliss-reactive ketones (excluding diaryl/α,β-unsaturated/α-hetero) is 3. The molecule has 14 heteroatoms. The Hall–Kier alpha value is -2.78. The van der Waals surface area contributed by atoms with E-state index in [2.05, 4.69) is 33.5 Å². The van der Waals surface area contributed by atoms with Gasteiger partial charge in [0.15, 0.2) is 0 Å². The lowest BCUT2D eigenvalue weighted by Crippen LogP contribution is -2.43. The first kappa shape index (κ1) is 50.2. The van der Waals surface area contributed by atoms with Crippen molar-refractivity contribution in [3.05, 3.63) is 0 Å². The molecule has 2 amide bonds. The van der Waals surface area contributed by atoms with E-state index >= 15 is 0 Å². The molecule has 0 radical (unpaired) electrons. The number of hydrogen-bond donors (Lipinski definition) is 7. The molecule has 308 valence electrons. The molecule has 9 N–H and O–H groups in total. The topological polar surface area (TPSA) is 224 Å². The molecule has 0 fully saturated rings. The maximum Gasteiger partial charge on any atom is 0.306 e. The van der Waals surface area contributed by atoms with E-state index in [1.54, 1.807) is 27.7 Å². The van der Waals surface area contributed by atoms with E-state index in [4.69, 9.17) is 16.2 Å². The van der Waals surface area contributed by atoms with Gasteiger partial charge in [0.05, 0.1) is 19.6 Å². The second-order valence-electron chi connectivity index (χ2n) is 15.4. The minimum Gasteiger partial charge on any atom is -0.466 e. The highest BCUT2D eigenvalue weighted by Gasteiger charge is 2.41. The smallest absolute Gasteiger partial charge is 0.306 e. The van der Waals surface area contributed by atoms with Gasteiger partial charge in [-0.15, -0.1) is 0 Å². The van der Waals surface area contributed by atoms with Gasteiger partial charge in [-0.2, -0.15) is 0 Å². The summed E-state index contributed by atoms with van der Waals surface area (Å²) in [5.74, 6) is -3.77. The SMILES string of the molecule is CCCCNCC(=O)C(CC(=O)NCCNCCN)CC(C)(C)C(=O)CC(CC(C)(C)C(=O)C(CC)CC(=O)OCCCC)C(=O)NCCNCCN. The van der Waals surface area contributed by atoms with Crippen LogP contribution in [-0.2, 0) is 33.5 Å². The average Bonchev–Trinajstić information content (AvgIpc) is 3.11. The van der Waals surface area contributed by atoms with Gasteiger partial charge < -0.3 is 42.8 Å². The van der Waals surface area contributed by atoms with Crippen LogP contribution >= 0.6 is 0 Å². The Bertz CT molecular complexity index is 1100. The van der Waals surface area contributed by atoms with Gasteiger partial charge in [-0.05, 0) is 38.6 Å². The van der Waals surface area contributed by atoms with E-state index in [0.29, 0.717) is 71.9 Å². The highest BCUT2D eigenvalue weighted by atomic mass is 16.5. The van der Waals surface area contributed by atoms with E-state index in [-0.39, 0.29) is 67.8 Å². The van der Waals surface area contributed by atoms with Crippen LogP contribution < -0.4 is 38.1 Å². The largest absolute Gasteiger partial charge is 0.466 e. The van der Waals surface area contributed by atoms with E-state index in [0.717, 1.165) is 25.7 Å². The van der Waals surface area contributed by atoms with E-state index in [1.165, 1.54) is 0 Å². The summed E-state index contributed by atoms with van der Waals surface area (Å²) >= 11 is 0. The highest BCUT2D eigenvalue weighted by molar-refractivity contribution is 5.93. The maximum atomic E-state index is 14.1. The fourth-order valence-corrected chi connectivity index (χ4v) is 6.19. The zero-order valence-electron chi connectivity index (χ0n) is 34.1. The van der Waals surface area contributed by atoms with Gasteiger partial charge in [0.2, 0.25) is 11.8 Å². The Morgan fingerprint density at radius 2 is 1.21 bits per heavy atom. The van der Waals surface area contributed by atoms with Crippen molar-refractivity contribution in [3.8, 4) is 0 Å². The third kappa shape index (κ3) is 22.3. The van der Waals surface area contributed by atoms with Crippen LogP contribution in [0.15, 0.2) is 0 Å². The predicted molar refractivity (Wildman–Crippen MR) is 210 cm³/mol. The maximum absolute atomic E-state index is 14.1. The van der Waals surface area contributed by atoms with Crippen molar-refractivity contribution in [2.45, 2.75) is 113 Å². The Balaban J connectivity index is 6.10. The molecular formula is C39H75N7O7. The summed E-state index contributed by atoms with van der Waals surface area (Å²) in [5, 5.41) is 15.2. The first-order valence-corrected chi connectivity index (χ1v) is 19.9. The first-order chi connectivity index (χ1) is 25.1. The summed E-state index contributed by atoms with van der Waals surface area (Å²) in [5.41, 5.74) is 8.98. The minimum atomic E-state index is -1.06. The third-order valence-corrected chi connectivity index (χ3v) is 9.54. The molecule has 0 aliphatic heterocycles. The number of ether oxygens (including phenoxy) is 1. The lowest BCUT2D eigenvalue weighted by Gasteiger charge is -2.33. The fraction of sp³-hybridized carbons (Fsp3) is 0.846. The van der Waals surface area contributed by atoms with E-state index in [9.17, 15) is 28.8 Å². The number of nitrogens with two attached hydrogens (primary N) is 2. The van der Waals surface area contributed by atoms with Crippen LogP contribution in [0.4, 0.5) is 0 Å². The summed E-state index contributed by atoms with van der Waals surface area (Å²) in [6, 6.07) is 0. The zero-order valence-corrected chi connectivity index (χ0v) is 34.1. The van der Waals surface area contributed by atoms with Crippen LogP contribution in [0.3, 0.4) is 0 Å². The Labute approximate surface area is 319 Å². The minimum absolute atomic E-state index is 0.0430. The van der Waals surface area contributed by atoms with Crippen molar-refractivity contribution in [2.24, 2.45) is 40.1 Å². The molecule has 0 spiro atoms. The van der Waals surface area contributed by atoms with Crippen LogP contribution in [0.2, 0.25) is 0 Å². The number of nitrogens with one attached hydrogen (secondary N) is 5. The molecule has 3 unspecified atom stereocenters. The van der Waals surface area contributed by atoms with Crippen molar-refractivity contribution in [3.63, 3.8) is 0 Å². The number of carbonyl (C=O) groups excluding carboxylic acids is 6. The van der Waals surface area contributed by atoms with Gasteiger partial charge >= 0.3 is 5.97 Å². The van der Waals surface area contributed by atoms with Gasteiger partial charge in [0.1, 0.15) is 17.3 Å². The lowest BCUT2D eigenvalue weighted by atomic mass is 9.70. The monoisotopic (exact) mass is 754 g/mol. The predicted octanol–water partition coefficient (Wildman–Crippen LogP) is 2.02. The van der Waals surface area contributed by atoms with E-state index < -0.39 is 34.6 Å². The molecule has 0 heterocycles. The third-order valence-electron chi connectivity index (χ3n) is 9.54. The lowest BCUT2D eigenvalue weighted by molar-refractivity contribution is -0.148. The molecule has 53 heavy (non-hydrogen) atoms. The molecule has 0 saturated heterocycles. The summed E-state index contributed by atoms with van der Waals surface area (Å²) in [6.45, 7) is 17.8. The molecule has 14 nitrogen and oxygen atoms in total. The number of hydrogen-bond acceptors (Lipinski definition) is 12. The van der Waals surface area contributed by atoms with Gasteiger partial charge in [-0.3, -0.25) is 28.8 Å². The number of ketones is 3. The molecule has 0 aliphatic rings. The van der Waals surface area contributed by atoms with Gasteiger partial charge in [0.25, 0.3) is 0 Å². The standard InChI is InChI=1S/C39H75N7O7/c1-8-11-15-44-28-32(47)30(24-34(49)45-20-18-42-16-13-40)26-38(4,5)33(48)23-31(37(52)46-21-19-43-17-14-41)27-39(6,7)36(51)29(10-3)25-35(50)53-22-12-9-2/h29-31,42-44H,8-28,40-41H2,1-7H3,(H,45,49)(H,46,52).